The van der Waals surface area contributed by atoms with Crippen molar-refractivity contribution in [3.05, 3.63) is 90.3 Å². The topological polar surface area (TPSA) is 162 Å². The van der Waals surface area contributed by atoms with Gasteiger partial charge in [-0.15, -0.1) is 0 Å². The molecule has 9 rings (SSSR count). The number of carbonyl (C=O) groups excluding carboxylic acids is 2. The first-order chi connectivity index (χ1) is 27.2. The maximum atomic E-state index is 13.5. The van der Waals surface area contributed by atoms with Crippen LogP contribution in [0.25, 0.3) is 22.0 Å². The minimum Gasteiger partial charge on any atom is -0.474 e. The van der Waals surface area contributed by atoms with E-state index in [0.29, 0.717) is 50.3 Å². The molecule has 4 aliphatic rings. The van der Waals surface area contributed by atoms with Crippen LogP contribution in [0.1, 0.15) is 30.4 Å². The molecule has 4 aliphatic heterocycles. The van der Waals surface area contributed by atoms with Gasteiger partial charge in [0.15, 0.2) is 9.84 Å². The molecule has 3 N–H and O–H groups in total. The number of carbonyl (C=O) groups is 2. The van der Waals surface area contributed by atoms with E-state index in [-0.39, 0.29) is 22.9 Å². The molecule has 0 atom stereocenters. The number of urea groups is 1. The molecule has 0 aliphatic carbocycles. The lowest BCUT2D eigenvalue weighted by atomic mass is 10.00. The van der Waals surface area contributed by atoms with Gasteiger partial charge in [-0.2, -0.15) is 0 Å². The second-order valence-electron chi connectivity index (χ2n) is 14.9. The highest BCUT2D eigenvalue weighted by Crippen LogP contribution is 2.36. The van der Waals surface area contributed by atoms with Gasteiger partial charge in [0, 0.05) is 79.0 Å². The highest BCUT2D eigenvalue weighted by atomic mass is 32.2. The fourth-order valence-electron chi connectivity index (χ4n) is 8.08. The van der Waals surface area contributed by atoms with E-state index >= 15 is 0 Å². The van der Waals surface area contributed by atoms with Gasteiger partial charge < -0.3 is 20.3 Å². The Balaban J connectivity index is 0.767. The Labute approximate surface area is 325 Å². The number of aromatic nitrogens is 3. The SMILES string of the molecule is Cc1c(-c2ccc3cnc(Nc4ccc(CS(=O)(=O)C5CCN(C6CN(c7ccc(N8CCC(=O)NC8=O)cc7)C6)CC5)cc4)nc3c2)cnc2c1NCCO2. The Bertz CT molecular complexity index is 2410. The quantitative estimate of drug-likeness (QED) is 0.179. The number of sulfone groups is 1. The van der Waals surface area contributed by atoms with Gasteiger partial charge in [0.25, 0.3) is 0 Å². The number of amides is 3. The van der Waals surface area contributed by atoms with Crippen LogP contribution >= 0.6 is 0 Å². The molecule has 0 saturated carbocycles. The maximum Gasteiger partial charge on any atom is 0.328 e. The van der Waals surface area contributed by atoms with E-state index in [0.717, 1.165) is 88.6 Å². The zero-order valence-electron chi connectivity index (χ0n) is 31.1. The predicted molar refractivity (Wildman–Crippen MR) is 216 cm³/mol. The fraction of sp³-hybridized carbons (Fsp3) is 0.341. The van der Waals surface area contributed by atoms with Gasteiger partial charge in [-0.05, 0) is 92.0 Å². The number of anilines is 5. The number of hydrogen-bond donors (Lipinski definition) is 3. The van der Waals surface area contributed by atoms with Gasteiger partial charge in [0.2, 0.25) is 17.7 Å². The number of nitrogens with zero attached hydrogens (tertiary/aromatic N) is 6. The molecule has 6 heterocycles. The smallest absolute Gasteiger partial charge is 0.328 e. The summed E-state index contributed by atoms with van der Waals surface area (Å²) in [6.07, 6.45) is 5.18. The summed E-state index contributed by atoms with van der Waals surface area (Å²) in [6, 6.07) is 21.4. The number of pyridine rings is 1. The van der Waals surface area contributed by atoms with Crippen molar-refractivity contribution in [2.75, 3.05) is 66.3 Å². The van der Waals surface area contributed by atoms with Crippen LogP contribution < -0.4 is 30.5 Å². The number of likely N-dealkylation sites (tertiary alicyclic amines) is 1. The van der Waals surface area contributed by atoms with Crippen molar-refractivity contribution in [1.29, 1.82) is 0 Å². The normalized spacial score (nSPS) is 18.2. The van der Waals surface area contributed by atoms with Gasteiger partial charge in [0.05, 0.1) is 16.5 Å². The first-order valence-electron chi connectivity index (χ1n) is 19.1. The summed E-state index contributed by atoms with van der Waals surface area (Å²) < 4.78 is 32.8. The first kappa shape index (κ1) is 35.9. The summed E-state index contributed by atoms with van der Waals surface area (Å²) >= 11 is 0. The molecule has 3 amide bonds. The third-order valence-electron chi connectivity index (χ3n) is 11.4. The summed E-state index contributed by atoms with van der Waals surface area (Å²) in [6.45, 7) is 7.05. The number of hydrogen-bond acceptors (Lipinski definition) is 12. The van der Waals surface area contributed by atoms with Gasteiger partial charge in [-0.1, -0.05) is 24.3 Å². The summed E-state index contributed by atoms with van der Waals surface area (Å²) in [5, 5.41) is 9.59. The van der Waals surface area contributed by atoms with Gasteiger partial charge in [0.1, 0.15) is 12.3 Å². The third-order valence-corrected chi connectivity index (χ3v) is 13.6. The number of benzene rings is 3. The lowest BCUT2D eigenvalue weighted by molar-refractivity contribution is -0.120. The Hall–Kier alpha value is -5.80. The molecule has 0 bridgehead atoms. The molecule has 56 heavy (non-hydrogen) atoms. The molecule has 288 valence electrons. The van der Waals surface area contributed by atoms with Crippen LogP contribution in [0, 0.1) is 6.92 Å². The summed E-state index contributed by atoms with van der Waals surface area (Å²) in [7, 11) is -3.33. The Morgan fingerprint density at radius 3 is 2.45 bits per heavy atom. The number of piperidine rings is 1. The summed E-state index contributed by atoms with van der Waals surface area (Å²) in [4.78, 5) is 43.8. The second kappa shape index (κ2) is 14.7. The molecule has 3 saturated heterocycles. The van der Waals surface area contributed by atoms with Crippen LogP contribution in [0.3, 0.4) is 0 Å². The first-order valence-corrected chi connectivity index (χ1v) is 20.8. The number of rotatable bonds is 9. The average molecular weight is 774 g/mol. The van der Waals surface area contributed by atoms with E-state index in [4.69, 9.17) is 9.72 Å². The predicted octanol–water partition coefficient (Wildman–Crippen LogP) is 5.26. The lowest BCUT2D eigenvalue weighted by Crippen LogP contribution is -2.61. The third kappa shape index (κ3) is 7.19. The van der Waals surface area contributed by atoms with Crippen molar-refractivity contribution < 1.29 is 22.7 Å². The fourth-order valence-corrected chi connectivity index (χ4v) is 9.90. The van der Waals surface area contributed by atoms with Gasteiger partial charge >= 0.3 is 6.03 Å². The maximum absolute atomic E-state index is 13.5. The lowest BCUT2D eigenvalue weighted by Gasteiger charge is -2.48. The molecule has 3 aromatic carbocycles. The van der Waals surface area contributed by atoms with Crippen LogP contribution in [-0.4, -0.2) is 97.4 Å². The van der Waals surface area contributed by atoms with Crippen LogP contribution in [0.5, 0.6) is 5.88 Å². The highest BCUT2D eigenvalue weighted by Gasteiger charge is 2.37. The van der Waals surface area contributed by atoms with E-state index in [9.17, 15) is 18.0 Å². The van der Waals surface area contributed by atoms with Crippen molar-refractivity contribution in [1.82, 2.24) is 25.2 Å². The van der Waals surface area contributed by atoms with Crippen molar-refractivity contribution >= 4 is 61.4 Å². The van der Waals surface area contributed by atoms with Crippen molar-refractivity contribution in [3.8, 4) is 17.0 Å². The molecular weight excluding hydrogens is 731 g/mol. The largest absolute Gasteiger partial charge is 0.474 e. The Morgan fingerprint density at radius 2 is 1.68 bits per heavy atom. The van der Waals surface area contributed by atoms with Gasteiger partial charge in [-0.25, -0.2) is 28.2 Å². The summed E-state index contributed by atoms with van der Waals surface area (Å²) in [5.41, 5.74) is 8.17. The van der Waals surface area contributed by atoms with Crippen molar-refractivity contribution in [2.24, 2.45) is 0 Å². The number of nitrogens with one attached hydrogen (secondary N) is 3. The molecule has 14 nitrogen and oxygen atoms in total. The second-order valence-corrected chi connectivity index (χ2v) is 17.2. The molecule has 3 fully saturated rings. The van der Waals surface area contributed by atoms with Crippen LogP contribution in [-0.2, 0) is 20.4 Å². The molecule has 5 aromatic rings. The standard InChI is InChI=1S/C41H43N9O5S/c1-26-35(22-43-39-38(26)42-15-19-55-39)28-4-5-29-21-44-40(46-36(29)20-28)45-30-6-2-27(3-7-30)25-56(53,54)34-12-16-48(17-13-34)33-23-49(24-33)31-8-10-32(11-9-31)50-18-14-37(51)47-41(50)52/h2-11,20-22,33-34,42H,12-19,23-25H2,1H3,(H,44,45,46)(H,47,51,52). The van der Waals surface area contributed by atoms with Crippen molar-refractivity contribution in [3.63, 3.8) is 0 Å². The highest BCUT2D eigenvalue weighted by molar-refractivity contribution is 7.91. The Morgan fingerprint density at radius 1 is 0.911 bits per heavy atom. The molecule has 0 radical (unpaired) electrons. The number of imide groups is 1. The number of fused-ring (bicyclic) bond motifs is 2. The molecule has 0 spiro atoms. The Kier molecular flexibility index (Phi) is 9.41. The minimum atomic E-state index is -3.33. The molecular formula is C41H43N9O5S. The number of ether oxygens (including phenoxy) is 1. The van der Waals surface area contributed by atoms with E-state index in [1.54, 1.807) is 11.1 Å². The zero-order valence-corrected chi connectivity index (χ0v) is 31.9. The van der Waals surface area contributed by atoms with E-state index < -0.39 is 9.84 Å². The minimum absolute atomic E-state index is 0.00834. The van der Waals surface area contributed by atoms with Crippen LogP contribution in [0.2, 0.25) is 0 Å². The van der Waals surface area contributed by atoms with Crippen LogP contribution in [0.4, 0.5) is 33.5 Å². The molecule has 2 aromatic heterocycles. The average Bonchev–Trinajstić information content (AvgIpc) is 3.19. The molecule has 15 heteroatoms. The molecule has 0 unspecified atom stereocenters. The van der Waals surface area contributed by atoms with E-state index in [1.165, 1.54) is 0 Å². The van der Waals surface area contributed by atoms with Crippen molar-refractivity contribution in [2.45, 2.75) is 43.2 Å². The monoisotopic (exact) mass is 773 g/mol. The zero-order chi connectivity index (χ0) is 38.4. The van der Waals surface area contributed by atoms with E-state index in [2.05, 4.69) is 42.6 Å². The van der Waals surface area contributed by atoms with Gasteiger partial charge in [-0.3, -0.25) is 19.9 Å². The van der Waals surface area contributed by atoms with Crippen LogP contribution in [0.15, 0.2) is 79.1 Å². The summed E-state index contributed by atoms with van der Waals surface area (Å²) in [5.74, 6) is 0.842. The van der Waals surface area contributed by atoms with E-state index in [1.807, 2.05) is 72.9 Å².